The summed E-state index contributed by atoms with van der Waals surface area (Å²) in [5.41, 5.74) is 7.07. The fraction of sp³-hybridized carbons (Fsp3) is 0.480. The van der Waals surface area contributed by atoms with Crippen LogP contribution in [-0.2, 0) is 16.2 Å². The first-order valence-corrected chi connectivity index (χ1v) is 11.8. The summed E-state index contributed by atoms with van der Waals surface area (Å²) in [5.74, 6) is -0.230. The molecule has 1 aliphatic carbocycles. The Hall–Kier alpha value is -3.40. The van der Waals surface area contributed by atoms with Gasteiger partial charge in [-0.15, -0.1) is 0 Å². The van der Waals surface area contributed by atoms with Crippen molar-refractivity contribution in [2.24, 2.45) is 16.8 Å². The lowest BCUT2D eigenvalue weighted by Gasteiger charge is -2.25. The Bertz CT molecular complexity index is 1050. The Morgan fingerprint density at radius 1 is 1.20 bits per heavy atom. The van der Waals surface area contributed by atoms with E-state index in [4.69, 9.17) is 9.94 Å². The first-order chi connectivity index (χ1) is 16.7. The molecule has 1 aromatic heterocycles. The lowest BCUT2D eigenvalue weighted by molar-refractivity contribution is -0.125. The molecule has 4 rings (SSSR count). The minimum absolute atomic E-state index is 0.108. The van der Waals surface area contributed by atoms with Gasteiger partial charge in [-0.3, -0.25) is 9.59 Å². The summed E-state index contributed by atoms with van der Waals surface area (Å²) in [6.07, 6.45) is 6.01. The maximum absolute atomic E-state index is 13.0. The number of carbonyl (C=O) groups is 2. The van der Waals surface area contributed by atoms with Gasteiger partial charge in [-0.1, -0.05) is 36.6 Å². The van der Waals surface area contributed by atoms with Crippen molar-refractivity contribution in [1.82, 2.24) is 15.3 Å². The molecule has 2 amide bonds. The van der Waals surface area contributed by atoms with Gasteiger partial charge in [-0.25, -0.2) is 14.4 Å². The van der Waals surface area contributed by atoms with Crippen LogP contribution in [0, 0.1) is 18.7 Å². The number of oxime groups is 1. The van der Waals surface area contributed by atoms with Crippen LogP contribution in [0.3, 0.4) is 0 Å². The Morgan fingerprint density at radius 3 is 2.49 bits per heavy atom. The van der Waals surface area contributed by atoms with E-state index in [1.54, 1.807) is 25.1 Å². The van der Waals surface area contributed by atoms with E-state index in [0.717, 1.165) is 17.7 Å². The monoisotopic (exact) mass is 485 g/mol. The SMILES string of the molecule is CC(O)C(N)=O.Cc1nc(C(=O)NCc2ccc(F)cc2)cc(C2=NOC(C3CCCCC3)C2)n1. The fourth-order valence-electron chi connectivity index (χ4n) is 4.01. The highest BCUT2D eigenvalue weighted by molar-refractivity contribution is 6.01. The Labute approximate surface area is 204 Å². The van der Waals surface area contributed by atoms with Crippen LogP contribution in [0.15, 0.2) is 35.5 Å². The average Bonchev–Trinajstić information content (AvgIpc) is 3.34. The molecule has 188 valence electrons. The number of rotatable bonds is 6. The molecule has 0 saturated heterocycles. The number of aryl methyl sites for hydroxylation is 1. The number of hydrogen-bond donors (Lipinski definition) is 3. The van der Waals surface area contributed by atoms with Gasteiger partial charge < -0.3 is 21.0 Å². The van der Waals surface area contributed by atoms with Crippen LogP contribution >= 0.6 is 0 Å². The summed E-state index contributed by atoms with van der Waals surface area (Å²) < 4.78 is 13.0. The Balaban J connectivity index is 0.000000509. The second kappa shape index (κ2) is 12.3. The highest BCUT2D eigenvalue weighted by Crippen LogP contribution is 2.32. The van der Waals surface area contributed by atoms with E-state index < -0.39 is 12.0 Å². The van der Waals surface area contributed by atoms with E-state index in [1.165, 1.54) is 51.2 Å². The number of nitrogens with zero attached hydrogens (tertiary/aromatic N) is 3. The molecule has 9 nitrogen and oxygen atoms in total. The van der Waals surface area contributed by atoms with Crippen molar-refractivity contribution in [3.8, 4) is 0 Å². The maximum atomic E-state index is 13.0. The van der Waals surface area contributed by atoms with Crippen LogP contribution in [-0.4, -0.2) is 44.8 Å². The molecule has 0 spiro atoms. The molecule has 4 N–H and O–H groups in total. The van der Waals surface area contributed by atoms with Gasteiger partial charge in [0, 0.05) is 13.0 Å². The van der Waals surface area contributed by atoms with E-state index in [1.807, 2.05) is 0 Å². The molecule has 0 radical (unpaired) electrons. The summed E-state index contributed by atoms with van der Waals surface area (Å²) >= 11 is 0. The van der Waals surface area contributed by atoms with Gasteiger partial charge in [0.1, 0.15) is 35.3 Å². The van der Waals surface area contributed by atoms with E-state index in [9.17, 15) is 14.0 Å². The third-order valence-electron chi connectivity index (χ3n) is 6.01. The first kappa shape index (κ1) is 26.2. The molecule has 2 heterocycles. The zero-order valence-corrected chi connectivity index (χ0v) is 20.0. The molecular formula is C25H32FN5O4. The van der Waals surface area contributed by atoms with Gasteiger partial charge in [0.2, 0.25) is 5.91 Å². The summed E-state index contributed by atoms with van der Waals surface area (Å²) in [7, 11) is 0. The van der Waals surface area contributed by atoms with Crippen molar-refractivity contribution in [3.05, 3.63) is 58.9 Å². The number of nitrogens with two attached hydrogens (primary N) is 1. The minimum atomic E-state index is -1.01. The topological polar surface area (TPSA) is 140 Å². The normalized spacial score (nSPS) is 18.5. The van der Waals surface area contributed by atoms with Gasteiger partial charge in [-0.05, 0) is 56.4 Å². The predicted molar refractivity (Wildman–Crippen MR) is 128 cm³/mol. The molecule has 1 saturated carbocycles. The number of halogens is 1. The molecule has 10 heteroatoms. The quantitative estimate of drug-likeness (QED) is 0.575. The number of carbonyl (C=O) groups excluding carboxylic acids is 2. The van der Waals surface area contributed by atoms with Crippen molar-refractivity contribution in [1.29, 1.82) is 0 Å². The third-order valence-corrected chi connectivity index (χ3v) is 6.01. The maximum Gasteiger partial charge on any atom is 0.270 e. The molecule has 1 fully saturated rings. The number of primary amides is 1. The standard InChI is InChI=1S/C22H25FN4O2.C3H7NO2/c1-14-25-18(19-12-21(29-27-19)16-5-3-2-4-6-16)11-20(26-14)22(28)24-13-15-7-9-17(23)10-8-15;1-2(5)3(4)6/h7-11,16,21H,2-6,12-13H2,1H3,(H,24,28);2,5H,1H3,(H2,4,6). The molecule has 1 aliphatic heterocycles. The largest absolute Gasteiger partial charge is 0.391 e. The predicted octanol–water partition coefficient (Wildman–Crippen LogP) is 2.78. The number of aromatic nitrogens is 2. The molecule has 2 aromatic rings. The Morgan fingerprint density at radius 2 is 1.86 bits per heavy atom. The molecule has 2 aliphatic rings. The lowest BCUT2D eigenvalue weighted by Crippen LogP contribution is -2.25. The fourth-order valence-corrected chi connectivity index (χ4v) is 4.01. The zero-order chi connectivity index (χ0) is 25.4. The van der Waals surface area contributed by atoms with E-state index >= 15 is 0 Å². The molecule has 0 bridgehead atoms. The number of aliphatic hydroxyl groups is 1. The van der Waals surface area contributed by atoms with Crippen molar-refractivity contribution in [3.63, 3.8) is 0 Å². The second-order valence-electron chi connectivity index (χ2n) is 8.86. The summed E-state index contributed by atoms with van der Waals surface area (Å²) in [5, 5.41) is 15.2. The van der Waals surface area contributed by atoms with Gasteiger partial charge in [0.05, 0.1) is 5.69 Å². The van der Waals surface area contributed by atoms with E-state index in [0.29, 0.717) is 29.7 Å². The highest BCUT2D eigenvalue weighted by Gasteiger charge is 2.32. The lowest BCUT2D eigenvalue weighted by atomic mass is 9.83. The number of hydrogen-bond acceptors (Lipinski definition) is 7. The number of benzene rings is 1. The zero-order valence-electron chi connectivity index (χ0n) is 20.0. The smallest absolute Gasteiger partial charge is 0.270 e. The van der Waals surface area contributed by atoms with Gasteiger partial charge in [0.15, 0.2) is 0 Å². The molecular weight excluding hydrogens is 453 g/mol. The second-order valence-corrected chi connectivity index (χ2v) is 8.86. The van der Waals surface area contributed by atoms with Crippen LogP contribution < -0.4 is 11.1 Å². The minimum Gasteiger partial charge on any atom is -0.391 e. The van der Waals surface area contributed by atoms with Crippen LogP contribution in [0.5, 0.6) is 0 Å². The highest BCUT2D eigenvalue weighted by atomic mass is 19.1. The van der Waals surface area contributed by atoms with Crippen molar-refractivity contribution < 1.29 is 23.9 Å². The van der Waals surface area contributed by atoms with Crippen LogP contribution in [0.25, 0.3) is 0 Å². The third kappa shape index (κ3) is 7.81. The summed E-state index contributed by atoms with van der Waals surface area (Å²) in [4.78, 5) is 36.7. The van der Waals surface area contributed by atoms with Crippen LogP contribution in [0.4, 0.5) is 4.39 Å². The van der Waals surface area contributed by atoms with Gasteiger partial charge >= 0.3 is 0 Å². The molecule has 1 aromatic carbocycles. The summed E-state index contributed by atoms with van der Waals surface area (Å²) in [6, 6.07) is 7.69. The molecule has 2 atom stereocenters. The molecule has 35 heavy (non-hydrogen) atoms. The van der Waals surface area contributed by atoms with Gasteiger partial charge in [0.25, 0.3) is 5.91 Å². The number of nitrogens with one attached hydrogen (secondary N) is 1. The summed E-state index contributed by atoms with van der Waals surface area (Å²) in [6.45, 7) is 3.38. The van der Waals surface area contributed by atoms with Crippen LogP contribution in [0.2, 0.25) is 0 Å². The number of aliphatic hydroxyl groups excluding tert-OH is 1. The van der Waals surface area contributed by atoms with Gasteiger partial charge in [-0.2, -0.15) is 0 Å². The first-order valence-electron chi connectivity index (χ1n) is 11.8. The van der Waals surface area contributed by atoms with Crippen molar-refractivity contribution >= 4 is 17.5 Å². The van der Waals surface area contributed by atoms with E-state index in [-0.39, 0.29) is 17.8 Å². The Kier molecular flexibility index (Phi) is 9.25. The van der Waals surface area contributed by atoms with Crippen molar-refractivity contribution in [2.45, 2.75) is 71.1 Å². The number of amides is 2. The average molecular weight is 486 g/mol. The van der Waals surface area contributed by atoms with E-state index in [2.05, 4.69) is 26.2 Å². The van der Waals surface area contributed by atoms with Crippen molar-refractivity contribution in [2.75, 3.05) is 0 Å². The molecule has 2 unspecified atom stereocenters. The van der Waals surface area contributed by atoms with Crippen LogP contribution in [0.1, 0.15) is 73.0 Å².